The number of rotatable bonds is 5. The van der Waals surface area contributed by atoms with Gasteiger partial charge in [-0.25, -0.2) is 4.39 Å². The Labute approximate surface area is 173 Å². The van der Waals surface area contributed by atoms with E-state index in [2.05, 4.69) is 10.6 Å². The molecule has 1 aliphatic heterocycles. The average Bonchev–Trinajstić information content (AvgIpc) is 2.73. The molecule has 29 heavy (non-hydrogen) atoms. The largest absolute Gasteiger partial charge is 0.495 e. The van der Waals surface area contributed by atoms with E-state index in [-0.39, 0.29) is 12.4 Å². The fraction of sp³-hybridized carbons (Fsp3) is 0.333. The van der Waals surface area contributed by atoms with Gasteiger partial charge in [-0.1, -0.05) is 23.7 Å². The van der Waals surface area contributed by atoms with Gasteiger partial charge in [0.05, 0.1) is 12.8 Å². The van der Waals surface area contributed by atoms with Crippen LogP contribution in [0.15, 0.2) is 42.5 Å². The second-order valence-electron chi connectivity index (χ2n) is 6.88. The third-order valence-electron chi connectivity index (χ3n) is 5.11. The Hall–Kier alpha value is -2.64. The highest BCUT2D eigenvalue weighted by Gasteiger charge is 2.35. The number of hydrogen-bond donors (Lipinski definition) is 2. The molecule has 1 fully saturated rings. The zero-order valence-corrected chi connectivity index (χ0v) is 16.7. The summed E-state index contributed by atoms with van der Waals surface area (Å²) in [6.07, 6.45) is 1.31. The highest BCUT2D eigenvalue weighted by atomic mass is 35.5. The molecule has 0 aromatic heterocycles. The van der Waals surface area contributed by atoms with E-state index in [0.29, 0.717) is 42.5 Å². The minimum Gasteiger partial charge on any atom is -0.495 e. The second-order valence-corrected chi connectivity index (χ2v) is 7.32. The maximum Gasteiger partial charge on any atom is 0.313 e. The molecule has 0 spiro atoms. The second kappa shape index (κ2) is 9.24. The van der Waals surface area contributed by atoms with Gasteiger partial charge in [0.25, 0.3) is 0 Å². The Balaban J connectivity index is 1.69. The van der Waals surface area contributed by atoms with Gasteiger partial charge < -0.3 is 20.1 Å². The lowest BCUT2D eigenvalue weighted by Gasteiger charge is -2.37. The van der Waals surface area contributed by atoms with Crippen LogP contribution in [-0.4, -0.2) is 38.7 Å². The lowest BCUT2D eigenvalue weighted by atomic mass is 9.74. The number of benzene rings is 2. The summed E-state index contributed by atoms with van der Waals surface area (Å²) in [5.74, 6) is -1.54. The molecule has 2 N–H and O–H groups in total. The molecular weight excluding hydrogens is 399 g/mol. The number of ether oxygens (including phenoxy) is 2. The third-order valence-corrected chi connectivity index (χ3v) is 5.34. The van der Waals surface area contributed by atoms with Gasteiger partial charge in [-0.2, -0.15) is 0 Å². The summed E-state index contributed by atoms with van der Waals surface area (Å²) in [5.41, 5.74) is 0.786. The first-order valence-corrected chi connectivity index (χ1v) is 9.58. The number of nitrogens with one attached hydrogen (secondary N) is 2. The van der Waals surface area contributed by atoms with Crippen molar-refractivity contribution in [2.24, 2.45) is 0 Å². The summed E-state index contributed by atoms with van der Waals surface area (Å²) in [5, 5.41) is 5.62. The predicted octanol–water partition coefficient (Wildman–Crippen LogP) is 3.29. The van der Waals surface area contributed by atoms with Crippen LogP contribution >= 0.6 is 11.6 Å². The van der Waals surface area contributed by atoms with Crippen molar-refractivity contribution < 1.29 is 23.5 Å². The normalized spacial score (nSPS) is 15.4. The van der Waals surface area contributed by atoms with Gasteiger partial charge in [0.2, 0.25) is 0 Å². The lowest BCUT2D eigenvalue weighted by molar-refractivity contribution is -0.136. The highest BCUT2D eigenvalue weighted by Crippen LogP contribution is 2.34. The minimum absolute atomic E-state index is 0.237. The van der Waals surface area contributed by atoms with Crippen molar-refractivity contribution in [2.75, 3.05) is 32.2 Å². The van der Waals surface area contributed by atoms with Crippen LogP contribution in [0.25, 0.3) is 0 Å². The number of amides is 2. The van der Waals surface area contributed by atoms with Crippen molar-refractivity contribution in [1.82, 2.24) is 5.32 Å². The summed E-state index contributed by atoms with van der Waals surface area (Å²) in [6, 6.07) is 10.9. The number of halogens is 2. The van der Waals surface area contributed by atoms with Crippen LogP contribution < -0.4 is 15.4 Å². The van der Waals surface area contributed by atoms with Gasteiger partial charge in [0.1, 0.15) is 11.6 Å². The van der Waals surface area contributed by atoms with Crippen LogP contribution in [0.1, 0.15) is 18.4 Å². The van der Waals surface area contributed by atoms with Crippen LogP contribution in [-0.2, 0) is 19.7 Å². The number of carbonyl (C=O) groups excluding carboxylic acids is 2. The molecule has 3 rings (SSSR count). The third kappa shape index (κ3) is 5.05. The first-order chi connectivity index (χ1) is 13.9. The smallest absolute Gasteiger partial charge is 0.313 e. The van der Waals surface area contributed by atoms with E-state index in [1.807, 2.05) is 0 Å². The monoisotopic (exact) mass is 420 g/mol. The van der Waals surface area contributed by atoms with E-state index in [9.17, 15) is 14.0 Å². The van der Waals surface area contributed by atoms with Gasteiger partial charge in [-0.05, 0) is 48.7 Å². The maximum absolute atomic E-state index is 13.3. The molecule has 1 heterocycles. The lowest BCUT2D eigenvalue weighted by Crippen LogP contribution is -2.47. The molecule has 2 amide bonds. The summed E-state index contributed by atoms with van der Waals surface area (Å²) < 4.78 is 23.9. The molecule has 0 atom stereocenters. The van der Waals surface area contributed by atoms with Crippen LogP contribution in [0.2, 0.25) is 5.02 Å². The Morgan fingerprint density at radius 2 is 1.83 bits per heavy atom. The van der Waals surface area contributed by atoms with Crippen LogP contribution in [0.5, 0.6) is 5.75 Å². The van der Waals surface area contributed by atoms with E-state index in [0.717, 1.165) is 5.56 Å². The fourth-order valence-electron chi connectivity index (χ4n) is 3.42. The zero-order chi connectivity index (χ0) is 20.9. The maximum atomic E-state index is 13.3. The van der Waals surface area contributed by atoms with E-state index in [1.165, 1.54) is 25.3 Å². The molecule has 0 saturated carbocycles. The molecule has 0 aliphatic carbocycles. The van der Waals surface area contributed by atoms with Crippen molar-refractivity contribution in [2.45, 2.75) is 18.3 Å². The number of carbonyl (C=O) groups is 2. The molecule has 2 aromatic carbocycles. The zero-order valence-electron chi connectivity index (χ0n) is 16.0. The van der Waals surface area contributed by atoms with E-state index >= 15 is 0 Å². The molecule has 0 bridgehead atoms. The SMILES string of the molecule is COc1ccc(Cl)cc1NC(=O)C(=O)NCC1(c2ccc(F)cc2)CCOCC1. The summed E-state index contributed by atoms with van der Waals surface area (Å²) >= 11 is 5.95. The fourth-order valence-corrected chi connectivity index (χ4v) is 3.59. The summed E-state index contributed by atoms with van der Waals surface area (Å²) in [7, 11) is 1.45. The Kier molecular flexibility index (Phi) is 6.71. The molecule has 0 radical (unpaired) electrons. The highest BCUT2D eigenvalue weighted by molar-refractivity contribution is 6.40. The van der Waals surface area contributed by atoms with E-state index in [4.69, 9.17) is 21.1 Å². The first-order valence-electron chi connectivity index (χ1n) is 9.20. The van der Waals surface area contributed by atoms with Gasteiger partial charge in [0, 0.05) is 30.2 Å². The molecule has 1 saturated heterocycles. The standard InChI is InChI=1S/C21H22ClFN2O4/c1-28-18-7-4-15(22)12-17(18)25-20(27)19(26)24-13-21(8-10-29-11-9-21)14-2-5-16(23)6-3-14/h2-7,12H,8-11,13H2,1H3,(H,24,26)(H,25,27). The minimum atomic E-state index is -0.827. The van der Waals surface area contributed by atoms with Crippen LogP contribution in [0.4, 0.5) is 10.1 Å². The average molecular weight is 421 g/mol. The molecular formula is C21H22ClFN2O4. The van der Waals surface area contributed by atoms with E-state index < -0.39 is 17.2 Å². The van der Waals surface area contributed by atoms with Crippen LogP contribution in [0.3, 0.4) is 0 Å². The van der Waals surface area contributed by atoms with E-state index in [1.54, 1.807) is 24.3 Å². The predicted molar refractivity (Wildman–Crippen MR) is 108 cm³/mol. The van der Waals surface area contributed by atoms with Crippen molar-refractivity contribution in [1.29, 1.82) is 0 Å². The Bertz CT molecular complexity index is 883. The van der Waals surface area contributed by atoms with Gasteiger partial charge in [-0.3, -0.25) is 9.59 Å². The van der Waals surface area contributed by atoms with Gasteiger partial charge in [-0.15, -0.1) is 0 Å². The van der Waals surface area contributed by atoms with Crippen molar-refractivity contribution in [3.63, 3.8) is 0 Å². The molecule has 154 valence electrons. The molecule has 1 aliphatic rings. The first kappa shape index (κ1) is 21.1. The van der Waals surface area contributed by atoms with Crippen molar-refractivity contribution >= 4 is 29.1 Å². The van der Waals surface area contributed by atoms with Crippen LogP contribution in [0, 0.1) is 5.82 Å². The number of methoxy groups -OCH3 is 1. The summed E-state index contributed by atoms with van der Waals surface area (Å²) in [4.78, 5) is 24.8. The van der Waals surface area contributed by atoms with Crippen molar-refractivity contribution in [3.05, 3.63) is 58.9 Å². The Morgan fingerprint density at radius 1 is 1.14 bits per heavy atom. The Morgan fingerprint density at radius 3 is 2.48 bits per heavy atom. The number of hydrogen-bond acceptors (Lipinski definition) is 4. The topological polar surface area (TPSA) is 76.7 Å². The quantitative estimate of drug-likeness (QED) is 0.728. The molecule has 8 heteroatoms. The molecule has 0 unspecified atom stereocenters. The molecule has 6 nitrogen and oxygen atoms in total. The molecule has 2 aromatic rings. The number of anilines is 1. The van der Waals surface area contributed by atoms with Crippen molar-refractivity contribution in [3.8, 4) is 5.75 Å². The van der Waals surface area contributed by atoms with Gasteiger partial charge >= 0.3 is 11.8 Å². The summed E-state index contributed by atoms with van der Waals surface area (Å²) in [6.45, 7) is 1.29. The van der Waals surface area contributed by atoms with Gasteiger partial charge in [0.15, 0.2) is 0 Å².